The summed E-state index contributed by atoms with van der Waals surface area (Å²) in [5.41, 5.74) is 2.30. The number of aromatic nitrogens is 3. The lowest BCUT2D eigenvalue weighted by Crippen LogP contribution is -2.43. The third-order valence-corrected chi connectivity index (χ3v) is 6.47. The maximum atomic E-state index is 13.0. The molecule has 0 saturated carbocycles. The first-order valence-electron chi connectivity index (χ1n) is 11.2. The Bertz CT molecular complexity index is 1290. The Morgan fingerprint density at radius 3 is 2.60 bits per heavy atom. The third kappa shape index (κ3) is 5.13. The molecular weight excluding hydrogens is 463 g/mol. The van der Waals surface area contributed by atoms with Crippen LogP contribution in [0.4, 0.5) is 13.2 Å². The normalized spacial score (nSPS) is 20.4. The van der Waals surface area contributed by atoms with Crippen molar-refractivity contribution in [1.29, 1.82) is 0 Å². The molecule has 2 atom stereocenters. The number of likely N-dealkylation sites (tertiary alicyclic amines) is 2. The zero-order valence-electron chi connectivity index (χ0n) is 18.5. The molecule has 8 nitrogen and oxygen atoms in total. The van der Waals surface area contributed by atoms with E-state index in [0.717, 1.165) is 6.42 Å². The van der Waals surface area contributed by atoms with E-state index in [1.165, 1.54) is 30.4 Å². The molecule has 11 heteroatoms. The predicted molar refractivity (Wildman–Crippen MR) is 120 cm³/mol. The lowest BCUT2D eigenvalue weighted by molar-refractivity contribution is -0.274. The van der Waals surface area contributed by atoms with E-state index in [1.54, 1.807) is 29.2 Å². The maximum absolute atomic E-state index is 13.0. The van der Waals surface area contributed by atoms with Crippen LogP contribution in [0.25, 0.3) is 17.1 Å². The van der Waals surface area contributed by atoms with Gasteiger partial charge < -0.3 is 14.5 Å². The molecule has 0 bridgehead atoms. The number of halogens is 3. The number of piperidine rings is 1. The average molecular weight is 485 g/mol. The molecule has 2 aliphatic heterocycles. The minimum absolute atomic E-state index is 0.0704. The van der Waals surface area contributed by atoms with Gasteiger partial charge in [-0.3, -0.25) is 9.59 Å². The van der Waals surface area contributed by atoms with E-state index in [2.05, 4.69) is 20.1 Å². The van der Waals surface area contributed by atoms with E-state index in [-0.39, 0.29) is 23.5 Å². The SMILES string of the molecule is O=C(/C=C/c1cccc(OC(F)(F)F)c1)N1C[C@H]2CCN(C(=O)c3ccc4n[nH]nc4c3)C[C@@H]2C1. The van der Waals surface area contributed by atoms with Crippen LogP contribution in [0.5, 0.6) is 5.75 Å². The Morgan fingerprint density at radius 2 is 1.77 bits per heavy atom. The molecule has 0 unspecified atom stereocenters. The average Bonchev–Trinajstić information content (AvgIpc) is 3.47. The predicted octanol–water partition coefficient (Wildman–Crippen LogP) is 3.49. The smallest absolute Gasteiger partial charge is 0.406 e. The highest BCUT2D eigenvalue weighted by atomic mass is 19.4. The summed E-state index contributed by atoms with van der Waals surface area (Å²) >= 11 is 0. The van der Waals surface area contributed by atoms with Crippen molar-refractivity contribution in [3.63, 3.8) is 0 Å². The van der Waals surface area contributed by atoms with Crippen LogP contribution in [0.2, 0.25) is 0 Å². The van der Waals surface area contributed by atoms with E-state index < -0.39 is 6.36 Å². The molecule has 35 heavy (non-hydrogen) atoms. The molecule has 0 radical (unpaired) electrons. The van der Waals surface area contributed by atoms with Gasteiger partial charge in [0.05, 0.1) is 0 Å². The second-order valence-corrected chi connectivity index (χ2v) is 8.78. The maximum Gasteiger partial charge on any atom is 0.573 e. The summed E-state index contributed by atoms with van der Waals surface area (Å²) in [5.74, 6) is -0.149. The molecule has 182 valence electrons. The minimum atomic E-state index is -4.78. The largest absolute Gasteiger partial charge is 0.573 e. The number of carbonyl (C=O) groups excluding carboxylic acids is 2. The van der Waals surface area contributed by atoms with Gasteiger partial charge in [0, 0.05) is 37.8 Å². The Hall–Kier alpha value is -3.89. The molecule has 0 spiro atoms. The van der Waals surface area contributed by atoms with Crippen LogP contribution < -0.4 is 4.74 Å². The monoisotopic (exact) mass is 485 g/mol. The van der Waals surface area contributed by atoms with E-state index in [0.29, 0.717) is 54.3 Å². The number of aromatic amines is 1. The summed E-state index contributed by atoms with van der Waals surface area (Å²) in [6, 6.07) is 10.7. The summed E-state index contributed by atoms with van der Waals surface area (Å²) in [7, 11) is 0. The number of H-pyrrole nitrogens is 1. The van der Waals surface area contributed by atoms with Gasteiger partial charge in [0.15, 0.2) is 0 Å². The van der Waals surface area contributed by atoms with Crippen molar-refractivity contribution in [3.05, 3.63) is 59.7 Å². The quantitative estimate of drug-likeness (QED) is 0.572. The van der Waals surface area contributed by atoms with Crippen molar-refractivity contribution in [1.82, 2.24) is 25.2 Å². The van der Waals surface area contributed by atoms with Gasteiger partial charge in [-0.2, -0.15) is 15.4 Å². The van der Waals surface area contributed by atoms with Gasteiger partial charge in [-0.05, 0) is 60.2 Å². The van der Waals surface area contributed by atoms with Gasteiger partial charge in [-0.15, -0.1) is 13.2 Å². The summed E-state index contributed by atoms with van der Waals surface area (Å²) in [4.78, 5) is 29.3. The number of rotatable bonds is 4. The van der Waals surface area contributed by atoms with Gasteiger partial charge in [0.1, 0.15) is 16.8 Å². The number of amides is 2. The first kappa shape index (κ1) is 22.9. The molecule has 2 aromatic carbocycles. The van der Waals surface area contributed by atoms with Gasteiger partial charge in [-0.25, -0.2) is 0 Å². The van der Waals surface area contributed by atoms with Crippen LogP contribution in [-0.2, 0) is 4.79 Å². The fourth-order valence-electron chi connectivity index (χ4n) is 4.78. The zero-order chi connectivity index (χ0) is 24.6. The van der Waals surface area contributed by atoms with E-state index >= 15 is 0 Å². The number of carbonyl (C=O) groups is 2. The van der Waals surface area contributed by atoms with Crippen LogP contribution in [0, 0.1) is 11.8 Å². The van der Waals surface area contributed by atoms with Crippen LogP contribution >= 0.6 is 0 Å². The van der Waals surface area contributed by atoms with Gasteiger partial charge in [-0.1, -0.05) is 12.1 Å². The standard InChI is InChI=1S/C24H22F3N5O3/c25-24(26,27)35-19-3-1-2-15(10-19)4-7-22(33)32-12-17-8-9-31(13-18(17)14-32)23(34)16-5-6-20-21(11-16)29-30-28-20/h1-7,10-11,17-18H,8-9,12-14H2,(H,28,29,30)/b7-4+/t17-,18-/m1/s1. The lowest BCUT2D eigenvalue weighted by Gasteiger charge is -2.34. The van der Waals surface area contributed by atoms with Crippen LogP contribution in [0.1, 0.15) is 22.3 Å². The molecule has 1 N–H and O–H groups in total. The molecule has 2 saturated heterocycles. The third-order valence-electron chi connectivity index (χ3n) is 6.47. The number of ether oxygens (including phenoxy) is 1. The number of nitrogens with one attached hydrogen (secondary N) is 1. The van der Waals surface area contributed by atoms with E-state index in [1.807, 2.05) is 4.90 Å². The van der Waals surface area contributed by atoms with Crippen LogP contribution in [0.3, 0.4) is 0 Å². The van der Waals surface area contributed by atoms with Crippen molar-refractivity contribution in [3.8, 4) is 5.75 Å². The molecule has 3 heterocycles. The minimum Gasteiger partial charge on any atom is -0.406 e. The fourth-order valence-corrected chi connectivity index (χ4v) is 4.78. The van der Waals surface area contributed by atoms with Gasteiger partial charge in [0.25, 0.3) is 5.91 Å². The second kappa shape index (κ2) is 9.05. The molecule has 2 aliphatic rings. The molecule has 2 fully saturated rings. The second-order valence-electron chi connectivity index (χ2n) is 8.78. The molecule has 3 aromatic rings. The number of nitrogens with zero attached hydrogens (tertiary/aromatic N) is 4. The highest BCUT2D eigenvalue weighted by molar-refractivity contribution is 5.97. The van der Waals surface area contributed by atoms with Crippen LogP contribution in [0.15, 0.2) is 48.5 Å². The summed E-state index contributed by atoms with van der Waals surface area (Å²) in [6.07, 6.45) is -1.14. The lowest BCUT2D eigenvalue weighted by atomic mass is 9.88. The zero-order valence-corrected chi connectivity index (χ0v) is 18.5. The summed E-state index contributed by atoms with van der Waals surface area (Å²) in [6.45, 7) is 2.29. The topological polar surface area (TPSA) is 91.4 Å². The van der Waals surface area contributed by atoms with Gasteiger partial charge in [0.2, 0.25) is 5.91 Å². The highest BCUT2D eigenvalue weighted by Gasteiger charge is 2.39. The summed E-state index contributed by atoms with van der Waals surface area (Å²) < 4.78 is 41.2. The van der Waals surface area contributed by atoms with Crippen molar-refractivity contribution in [2.75, 3.05) is 26.2 Å². The number of alkyl halides is 3. The fraction of sp³-hybridized carbons (Fsp3) is 0.333. The first-order valence-corrected chi connectivity index (χ1v) is 11.2. The number of hydrogen-bond acceptors (Lipinski definition) is 5. The van der Waals surface area contributed by atoms with Gasteiger partial charge >= 0.3 is 6.36 Å². The Kier molecular flexibility index (Phi) is 5.91. The molecule has 0 aliphatic carbocycles. The highest BCUT2D eigenvalue weighted by Crippen LogP contribution is 2.32. The summed E-state index contributed by atoms with van der Waals surface area (Å²) in [5, 5.41) is 10.6. The van der Waals surface area contributed by atoms with E-state index in [9.17, 15) is 22.8 Å². The molecule has 1 aromatic heterocycles. The Balaban J connectivity index is 1.20. The molecule has 2 amide bonds. The van der Waals surface area contributed by atoms with Crippen molar-refractivity contribution in [2.45, 2.75) is 12.8 Å². The molecule has 5 rings (SSSR count). The van der Waals surface area contributed by atoms with Crippen molar-refractivity contribution >= 4 is 28.9 Å². The Morgan fingerprint density at radius 1 is 1.00 bits per heavy atom. The Labute approximate surface area is 198 Å². The molecular formula is C24H22F3N5O3. The number of fused-ring (bicyclic) bond motifs is 2. The number of hydrogen-bond donors (Lipinski definition) is 1. The van der Waals surface area contributed by atoms with Crippen LogP contribution in [-0.4, -0.2) is 69.6 Å². The van der Waals surface area contributed by atoms with E-state index in [4.69, 9.17) is 0 Å². The van der Waals surface area contributed by atoms with Crippen molar-refractivity contribution in [2.24, 2.45) is 11.8 Å². The first-order chi connectivity index (χ1) is 16.7. The number of benzene rings is 2. The van der Waals surface area contributed by atoms with Crippen molar-refractivity contribution < 1.29 is 27.5 Å².